The molecule has 0 saturated carbocycles. The molecular weight excluding hydrogens is 231 g/mol. The van der Waals surface area contributed by atoms with Crippen molar-refractivity contribution in [1.82, 2.24) is 0 Å². The second-order valence-corrected chi connectivity index (χ2v) is 6.73. The summed E-state index contributed by atoms with van der Waals surface area (Å²) >= 11 is 0. The molecule has 90 valence electrons. The summed E-state index contributed by atoms with van der Waals surface area (Å²) in [5.74, 6) is -1.15. The highest BCUT2D eigenvalue weighted by molar-refractivity contribution is 7.54. The predicted octanol–water partition coefficient (Wildman–Crippen LogP) is 2.54. The van der Waals surface area contributed by atoms with Crippen molar-refractivity contribution >= 4 is 7.60 Å². The van der Waals surface area contributed by atoms with Crippen LogP contribution in [0.1, 0.15) is 25.5 Å². The molecule has 0 bridgehead atoms. The molecule has 1 N–H and O–H groups in total. The first kappa shape index (κ1) is 11.9. The van der Waals surface area contributed by atoms with Gasteiger partial charge in [0, 0.05) is 5.41 Å². The average Bonchev–Trinajstić information content (AvgIpc) is 2.75. The lowest BCUT2D eigenvalue weighted by atomic mass is 9.97. The van der Waals surface area contributed by atoms with E-state index >= 15 is 0 Å². The van der Waals surface area contributed by atoms with Crippen LogP contribution in [0.15, 0.2) is 22.8 Å². The summed E-state index contributed by atoms with van der Waals surface area (Å²) < 4.78 is 27.5. The molecule has 1 aliphatic heterocycles. The van der Waals surface area contributed by atoms with Crippen molar-refractivity contribution in [2.75, 3.05) is 13.2 Å². The Bertz CT molecular complexity index is 383. The normalized spacial score (nSPS) is 25.2. The minimum atomic E-state index is -3.51. The van der Waals surface area contributed by atoms with Gasteiger partial charge < -0.3 is 18.6 Å². The average molecular weight is 246 g/mol. The zero-order valence-corrected chi connectivity index (χ0v) is 10.1. The molecule has 1 aliphatic rings. The van der Waals surface area contributed by atoms with Gasteiger partial charge in [-0.15, -0.1) is 0 Å². The van der Waals surface area contributed by atoms with Gasteiger partial charge in [0.1, 0.15) is 5.76 Å². The number of furan rings is 1. The smallest absolute Gasteiger partial charge is 0.366 e. The highest BCUT2D eigenvalue weighted by Gasteiger charge is 2.44. The fourth-order valence-corrected chi connectivity index (χ4v) is 3.22. The Hall–Kier alpha value is -0.610. The highest BCUT2D eigenvalue weighted by Crippen LogP contribution is 2.62. The first-order chi connectivity index (χ1) is 7.43. The number of hydrogen-bond acceptors (Lipinski definition) is 5. The molecule has 16 heavy (non-hydrogen) atoms. The van der Waals surface area contributed by atoms with Gasteiger partial charge in [-0.25, -0.2) is 0 Å². The molecule has 6 heteroatoms. The summed E-state index contributed by atoms with van der Waals surface area (Å²) in [6.45, 7) is 4.47. The molecule has 0 radical (unpaired) electrons. The Labute approximate surface area is 93.9 Å². The van der Waals surface area contributed by atoms with Crippen molar-refractivity contribution in [3.63, 3.8) is 0 Å². The van der Waals surface area contributed by atoms with E-state index in [0.717, 1.165) is 0 Å². The van der Waals surface area contributed by atoms with Crippen LogP contribution in [-0.4, -0.2) is 18.3 Å². The molecule has 0 spiro atoms. The highest BCUT2D eigenvalue weighted by atomic mass is 31.2. The largest absolute Gasteiger partial charge is 0.466 e. The predicted molar refractivity (Wildman–Crippen MR) is 57.0 cm³/mol. The molecule has 1 aromatic heterocycles. The van der Waals surface area contributed by atoms with E-state index in [0.29, 0.717) is 13.2 Å². The lowest BCUT2D eigenvalue weighted by Gasteiger charge is -2.35. The SMILES string of the molecule is CC1(C)COP(=O)(C(O)c2ccco2)OC1. The Morgan fingerprint density at radius 2 is 2.06 bits per heavy atom. The molecule has 5 nitrogen and oxygen atoms in total. The van der Waals surface area contributed by atoms with Gasteiger partial charge >= 0.3 is 7.60 Å². The fourth-order valence-electron chi connectivity index (χ4n) is 1.34. The second-order valence-electron chi connectivity index (χ2n) is 4.64. The molecule has 2 heterocycles. The third kappa shape index (κ3) is 2.23. The first-order valence-corrected chi connectivity index (χ1v) is 6.64. The standard InChI is InChI=1S/C10H15O5P/c1-10(2)6-14-16(12,15-7-10)9(11)8-4-3-5-13-8/h3-5,9,11H,6-7H2,1-2H3. The molecule has 1 fully saturated rings. The zero-order chi connectivity index (χ0) is 11.8. The van der Waals surface area contributed by atoms with Crippen LogP contribution in [0, 0.1) is 5.41 Å². The van der Waals surface area contributed by atoms with Crippen molar-refractivity contribution in [3.05, 3.63) is 24.2 Å². The molecule has 1 saturated heterocycles. The summed E-state index contributed by atoms with van der Waals surface area (Å²) in [4.78, 5) is 0. The van der Waals surface area contributed by atoms with E-state index in [9.17, 15) is 9.67 Å². The lowest BCUT2D eigenvalue weighted by molar-refractivity contribution is 0.0203. The quantitative estimate of drug-likeness (QED) is 0.812. The van der Waals surface area contributed by atoms with Gasteiger partial charge in [-0.3, -0.25) is 4.57 Å². The first-order valence-electron chi connectivity index (χ1n) is 5.03. The third-order valence-electron chi connectivity index (χ3n) is 2.37. The summed E-state index contributed by atoms with van der Waals surface area (Å²) in [6, 6.07) is 3.15. The van der Waals surface area contributed by atoms with Crippen LogP contribution < -0.4 is 0 Å². The summed E-state index contributed by atoms with van der Waals surface area (Å²) in [7, 11) is -3.51. The van der Waals surface area contributed by atoms with Gasteiger partial charge in [0.15, 0.2) is 0 Å². The van der Waals surface area contributed by atoms with Crippen LogP contribution in [0.4, 0.5) is 0 Å². The van der Waals surface area contributed by atoms with Crippen molar-refractivity contribution in [2.24, 2.45) is 5.41 Å². The topological polar surface area (TPSA) is 68.9 Å². The van der Waals surface area contributed by atoms with E-state index in [4.69, 9.17) is 13.5 Å². The zero-order valence-electron chi connectivity index (χ0n) is 9.25. The van der Waals surface area contributed by atoms with E-state index in [1.54, 1.807) is 6.07 Å². The van der Waals surface area contributed by atoms with E-state index in [2.05, 4.69) is 0 Å². The summed E-state index contributed by atoms with van der Waals surface area (Å²) in [5, 5.41) is 9.86. The Morgan fingerprint density at radius 3 is 2.56 bits per heavy atom. The minimum Gasteiger partial charge on any atom is -0.466 e. The maximum absolute atomic E-state index is 12.2. The van der Waals surface area contributed by atoms with Gasteiger partial charge in [0.25, 0.3) is 0 Å². The van der Waals surface area contributed by atoms with Crippen LogP contribution in [0.3, 0.4) is 0 Å². The van der Waals surface area contributed by atoms with Gasteiger partial charge in [-0.05, 0) is 12.1 Å². The maximum atomic E-state index is 12.2. The molecule has 0 aliphatic carbocycles. The van der Waals surface area contributed by atoms with Gasteiger partial charge in [0.05, 0.1) is 19.5 Å². The van der Waals surface area contributed by atoms with Crippen LogP contribution in [0.25, 0.3) is 0 Å². The van der Waals surface area contributed by atoms with Crippen LogP contribution >= 0.6 is 7.60 Å². The lowest BCUT2D eigenvalue weighted by Crippen LogP contribution is -2.30. The van der Waals surface area contributed by atoms with E-state index in [1.807, 2.05) is 13.8 Å². The number of rotatable bonds is 2. The minimum absolute atomic E-state index is 0.184. The van der Waals surface area contributed by atoms with Crippen LogP contribution in [0.5, 0.6) is 0 Å². The third-order valence-corrected chi connectivity index (χ3v) is 4.20. The monoisotopic (exact) mass is 246 g/mol. The number of aliphatic hydroxyl groups is 1. The summed E-state index contributed by atoms with van der Waals surface area (Å²) in [5.41, 5.74) is -0.184. The van der Waals surface area contributed by atoms with E-state index in [1.165, 1.54) is 12.3 Å². The molecule has 2 rings (SSSR count). The van der Waals surface area contributed by atoms with E-state index in [-0.39, 0.29) is 11.2 Å². The van der Waals surface area contributed by atoms with Crippen molar-refractivity contribution in [2.45, 2.75) is 19.7 Å². The van der Waals surface area contributed by atoms with Crippen LogP contribution in [0.2, 0.25) is 0 Å². The van der Waals surface area contributed by atoms with Gasteiger partial charge in [-0.1, -0.05) is 13.8 Å². The second kappa shape index (κ2) is 4.00. The molecule has 1 aromatic rings. The van der Waals surface area contributed by atoms with Crippen molar-refractivity contribution < 1.29 is 23.1 Å². The molecule has 0 amide bonds. The molecule has 0 aromatic carbocycles. The van der Waals surface area contributed by atoms with Gasteiger partial charge in [-0.2, -0.15) is 0 Å². The maximum Gasteiger partial charge on any atom is 0.366 e. The Kier molecular flexibility index (Phi) is 2.97. The molecule has 1 unspecified atom stereocenters. The van der Waals surface area contributed by atoms with Crippen molar-refractivity contribution in [1.29, 1.82) is 0 Å². The summed E-state index contributed by atoms with van der Waals surface area (Å²) in [6.07, 6.45) is 1.40. The Morgan fingerprint density at radius 1 is 1.44 bits per heavy atom. The van der Waals surface area contributed by atoms with E-state index < -0.39 is 13.4 Å². The number of hydrogen-bond donors (Lipinski definition) is 1. The molecular formula is C10H15O5P. The number of aliphatic hydroxyl groups excluding tert-OH is 1. The Balaban J connectivity index is 2.13. The van der Waals surface area contributed by atoms with Gasteiger partial charge in [0.2, 0.25) is 5.85 Å². The van der Waals surface area contributed by atoms with Crippen molar-refractivity contribution in [3.8, 4) is 0 Å². The fraction of sp³-hybridized carbons (Fsp3) is 0.600. The van der Waals surface area contributed by atoms with Crippen LogP contribution in [-0.2, 0) is 13.6 Å². The molecule has 1 atom stereocenters.